The topological polar surface area (TPSA) is 61.4 Å². The minimum absolute atomic E-state index is 0.0915. The van der Waals surface area contributed by atoms with Gasteiger partial charge in [0, 0.05) is 30.9 Å². The SMILES string of the molecule is O=C(NCc1ccc(C(=O)N2CCCC2)cc1)Nc1ccccc1. The fraction of sp³-hybridized carbons (Fsp3) is 0.263. The van der Waals surface area contributed by atoms with E-state index in [1.54, 1.807) is 0 Å². The summed E-state index contributed by atoms with van der Waals surface area (Å²) in [6.45, 7) is 2.11. The molecule has 3 amide bonds. The number of amides is 3. The van der Waals surface area contributed by atoms with Crippen molar-refractivity contribution in [1.29, 1.82) is 0 Å². The smallest absolute Gasteiger partial charge is 0.319 e. The lowest BCUT2D eigenvalue weighted by Crippen LogP contribution is -2.28. The van der Waals surface area contributed by atoms with Gasteiger partial charge in [-0.05, 0) is 42.7 Å². The highest BCUT2D eigenvalue weighted by molar-refractivity contribution is 5.94. The van der Waals surface area contributed by atoms with Crippen molar-refractivity contribution < 1.29 is 9.59 Å². The zero-order chi connectivity index (χ0) is 16.8. The summed E-state index contributed by atoms with van der Waals surface area (Å²) < 4.78 is 0. The summed E-state index contributed by atoms with van der Waals surface area (Å²) in [6.07, 6.45) is 2.18. The molecule has 0 atom stereocenters. The molecule has 124 valence electrons. The van der Waals surface area contributed by atoms with Crippen LogP contribution in [0.4, 0.5) is 10.5 Å². The van der Waals surface area contributed by atoms with E-state index in [0.717, 1.165) is 37.2 Å². The molecular weight excluding hydrogens is 302 g/mol. The lowest BCUT2D eigenvalue weighted by molar-refractivity contribution is 0.0793. The lowest BCUT2D eigenvalue weighted by Gasteiger charge is -2.15. The summed E-state index contributed by atoms with van der Waals surface area (Å²) in [5, 5.41) is 5.57. The van der Waals surface area contributed by atoms with E-state index in [1.165, 1.54) is 0 Å². The molecule has 5 nitrogen and oxygen atoms in total. The first-order valence-electron chi connectivity index (χ1n) is 8.20. The average molecular weight is 323 g/mol. The molecule has 1 saturated heterocycles. The van der Waals surface area contributed by atoms with Gasteiger partial charge < -0.3 is 15.5 Å². The van der Waals surface area contributed by atoms with E-state index < -0.39 is 0 Å². The molecule has 0 radical (unpaired) electrons. The number of para-hydroxylation sites is 1. The van der Waals surface area contributed by atoms with Crippen LogP contribution < -0.4 is 10.6 Å². The Morgan fingerprint density at radius 3 is 2.25 bits per heavy atom. The fourth-order valence-electron chi connectivity index (χ4n) is 2.75. The van der Waals surface area contributed by atoms with Gasteiger partial charge in [0.2, 0.25) is 0 Å². The number of anilines is 1. The molecule has 0 aromatic heterocycles. The number of nitrogens with zero attached hydrogens (tertiary/aromatic N) is 1. The van der Waals surface area contributed by atoms with E-state index in [9.17, 15) is 9.59 Å². The van der Waals surface area contributed by atoms with Crippen LogP contribution in [0.25, 0.3) is 0 Å². The second-order valence-corrected chi connectivity index (χ2v) is 5.87. The summed E-state index contributed by atoms with van der Waals surface area (Å²) in [5.41, 5.74) is 2.41. The molecule has 1 aliphatic rings. The first-order valence-corrected chi connectivity index (χ1v) is 8.20. The molecule has 24 heavy (non-hydrogen) atoms. The van der Waals surface area contributed by atoms with Crippen molar-refractivity contribution in [3.8, 4) is 0 Å². The van der Waals surface area contributed by atoms with Crippen molar-refractivity contribution in [2.45, 2.75) is 19.4 Å². The molecule has 0 aliphatic carbocycles. The van der Waals surface area contributed by atoms with Gasteiger partial charge in [-0.25, -0.2) is 4.79 Å². The van der Waals surface area contributed by atoms with Crippen LogP contribution >= 0.6 is 0 Å². The molecule has 5 heteroatoms. The Bertz CT molecular complexity index is 692. The van der Waals surface area contributed by atoms with Gasteiger partial charge >= 0.3 is 6.03 Å². The van der Waals surface area contributed by atoms with Crippen LogP contribution in [0.15, 0.2) is 54.6 Å². The number of benzene rings is 2. The van der Waals surface area contributed by atoms with E-state index in [1.807, 2.05) is 59.5 Å². The number of carbonyl (C=O) groups excluding carboxylic acids is 2. The zero-order valence-electron chi connectivity index (χ0n) is 13.5. The molecule has 0 bridgehead atoms. The molecule has 2 N–H and O–H groups in total. The van der Waals surface area contributed by atoms with Gasteiger partial charge in [-0.1, -0.05) is 30.3 Å². The molecule has 2 aromatic carbocycles. The standard InChI is InChI=1S/C19H21N3O2/c23-18(22-12-4-5-13-22)16-10-8-15(9-11-16)14-20-19(24)21-17-6-2-1-3-7-17/h1-3,6-11H,4-5,12-14H2,(H2,20,21,24). The Balaban J connectivity index is 1.50. The van der Waals surface area contributed by atoms with Gasteiger partial charge in [0.1, 0.15) is 0 Å². The number of carbonyl (C=O) groups is 2. The van der Waals surface area contributed by atoms with E-state index >= 15 is 0 Å². The Morgan fingerprint density at radius 1 is 0.917 bits per heavy atom. The largest absolute Gasteiger partial charge is 0.339 e. The maximum absolute atomic E-state index is 12.3. The maximum Gasteiger partial charge on any atom is 0.319 e. The normalized spacial score (nSPS) is 13.6. The molecular formula is C19H21N3O2. The highest BCUT2D eigenvalue weighted by Crippen LogP contribution is 2.13. The lowest BCUT2D eigenvalue weighted by atomic mass is 10.1. The van der Waals surface area contributed by atoms with Gasteiger partial charge in [0.05, 0.1) is 0 Å². The number of likely N-dealkylation sites (tertiary alicyclic amines) is 1. The first kappa shape index (κ1) is 16.1. The molecule has 1 heterocycles. The summed E-state index contributed by atoms with van der Waals surface area (Å²) in [6, 6.07) is 16.5. The van der Waals surface area contributed by atoms with Crippen molar-refractivity contribution in [2.24, 2.45) is 0 Å². The average Bonchev–Trinajstić information content (AvgIpc) is 3.15. The second kappa shape index (κ2) is 7.64. The third kappa shape index (κ3) is 4.13. The summed E-state index contributed by atoms with van der Waals surface area (Å²) >= 11 is 0. The Labute approximate surface area is 141 Å². The van der Waals surface area contributed by atoms with Crippen LogP contribution in [-0.2, 0) is 6.54 Å². The molecule has 0 unspecified atom stereocenters. The van der Waals surface area contributed by atoms with Gasteiger partial charge in [0.25, 0.3) is 5.91 Å². The Morgan fingerprint density at radius 2 is 1.58 bits per heavy atom. The molecule has 2 aromatic rings. The van der Waals surface area contributed by atoms with Gasteiger partial charge in [0.15, 0.2) is 0 Å². The van der Waals surface area contributed by atoms with Crippen LogP contribution in [0.3, 0.4) is 0 Å². The number of rotatable bonds is 4. The third-order valence-corrected chi connectivity index (χ3v) is 4.08. The van der Waals surface area contributed by atoms with Gasteiger partial charge in [-0.3, -0.25) is 4.79 Å². The predicted octanol–water partition coefficient (Wildman–Crippen LogP) is 3.24. The van der Waals surface area contributed by atoms with Gasteiger partial charge in [-0.2, -0.15) is 0 Å². The van der Waals surface area contributed by atoms with Crippen LogP contribution in [0.1, 0.15) is 28.8 Å². The highest BCUT2D eigenvalue weighted by atomic mass is 16.2. The number of nitrogens with one attached hydrogen (secondary N) is 2. The quantitative estimate of drug-likeness (QED) is 0.907. The Hall–Kier alpha value is -2.82. The van der Waals surface area contributed by atoms with Gasteiger partial charge in [-0.15, -0.1) is 0 Å². The van der Waals surface area contributed by atoms with Crippen molar-refractivity contribution in [3.63, 3.8) is 0 Å². The number of hydrogen-bond donors (Lipinski definition) is 2. The zero-order valence-corrected chi connectivity index (χ0v) is 13.5. The minimum atomic E-state index is -0.251. The van der Waals surface area contributed by atoms with E-state index in [0.29, 0.717) is 12.1 Å². The number of hydrogen-bond acceptors (Lipinski definition) is 2. The molecule has 3 rings (SSSR count). The van der Waals surface area contributed by atoms with E-state index in [4.69, 9.17) is 0 Å². The molecule has 0 spiro atoms. The predicted molar refractivity (Wildman–Crippen MR) is 93.9 cm³/mol. The fourth-order valence-corrected chi connectivity index (χ4v) is 2.75. The summed E-state index contributed by atoms with van der Waals surface area (Å²) in [4.78, 5) is 26.0. The Kier molecular flexibility index (Phi) is 5.11. The van der Waals surface area contributed by atoms with Crippen LogP contribution in [0, 0.1) is 0 Å². The highest BCUT2D eigenvalue weighted by Gasteiger charge is 2.19. The molecule has 0 saturated carbocycles. The van der Waals surface area contributed by atoms with Crippen molar-refractivity contribution in [3.05, 3.63) is 65.7 Å². The summed E-state index contributed by atoms with van der Waals surface area (Å²) in [5.74, 6) is 0.0915. The first-order chi connectivity index (χ1) is 11.7. The third-order valence-electron chi connectivity index (χ3n) is 4.08. The van der Waals surface area contributed by atoms with E-state index in [2.05, 4.69) is 10.6 Å². The van der Waals surface area contributed by atoms with Crippen LogP contribution in [0.5, 0.6) is 0 Å². The summed E-state index contributed by atoms with van der Waals surface area (Å²) in [7, 11) is 0. The van der Waals surface area contributed by atoms with Crippen molar-refractivity contribution >= 4 is 17.6 Å². The van der Waals surface area contributed by atoms with Crippen LogP contribution in [-0.4, -0.2) is 29.9 Å². The van der Waals surface area contributed by atoms with Crippen LogP contribution in [0.2, 0.25) is 0 Å². The second-order valence-electron chi connectivity index (χ2n) is 5.87. The minimum Gasteiger partial charge on any atom is -0.339 e. The molecule has 1 aliphatic heterocycles. The van der Waals surface area contributed by atoms with E-state index in [-0.39, 0.29) is 11.9 Å². The van der Waals surface area contributed by atoms with Crippen molar-refractivity contribution in [2.75, 3.05) is 18.4 Å². The molecule has 1 fully saturated rings. The number of urea groups is 1. The monoisotopic (exact) mass is 323 g/mol. The van der Waals surface area contributed by atoms with Crippen molar-refractivity contribution in [1.82, 2.24) is 10.2 Å². The maximum atomic E-state index is 12.3.